The number of nitro groups is 1. The Morgan fingerprint density at radius 2 is 2.10 bits per heavy atom. The molecule has 0 spiro atoms. The smallest absolute Gasteiger partial charge is 0.304 e. The molecule has 0 unspecified atom stereocenters. The fourth-order valence-electron chi connectivity index (χ4n) is 1.62. The van der Waals surface area contributed by atoms with Gasteiger partial charge in [-0.2, -0.15) is 4.39 Å². The topological polar surface area (TPSA) is 85.1 Å². The van der Waals surface area contributed by atoms with E-state index in [1.165, 1.54) is 12.3 Å². The molecule has 0 aliphatic rings. The van der Waals surface area contributed by atoms with Gasteiger partial charge in [0.2, 0.25) is 5.82 Å². The summed E-state index contributed by atoms with van der Waals surface area (Å²) in [5.74, 6) is -1.61. The fraction of sp³-hybridized carbons (Fsp3) is 0.0769. The highest BCUT2D eigenvalue weighted by atomic mass is 19.1. The summed E-state index contributed by atoms with van der Waals surface area (Å²) in [6.07, 6.45) is 3.08. The molecule has 1 amide bonds. The molecule has 0 saturated carbocycles. The summed E-state index contributed by atoms with van der Waals surface area (Å²) >= 11 is 0. The molecule has 0 saturated heterocycles. The minimum Gasteiger partial charge on any atom is -0.321 e. The summed E-state index contributed by atoms with van der Waals surface area (Å²) in [4.78, 5) is 25.4. The summed E-state index contributed by atoms with van der Waals surface area (Å²) in [6, 6.07) is 4.68. The van der Waals surface area contributed by atoms with Gasteiger partial charge in [0.1, 0.15) is 0 Å². The van der Waals surface area contributed by atoms with Crippen molar-refractivity contribution in [2.45, 2.75) is 6.92 Å². The number of nitrogens with one attached hydrogen (secondary N) is 1. The van der Waals surface area contributed by atoms with Crippen LogP contribution >= 0.6 is 0 Å². The van der Waals surface area contributed by atoms with Gasteiger partial charge in [-0.15, -0.1) is 0 Å². The highest BCUT2D eigenvalue weighted by Crippen LogP contribution is 2.19. The SMILES string of the molecule is Cc1cncc(NC(=O)c2ccc([N+](=O)[O-])c(F)c2)c1. The second-order valence-electron chi connectivity index (χ2n) is 4.13. The zero-order valence-electron chi connectivity index (χ0n) is 10.5. The molecular formula is C13H10FN3O3. The molecule has 0 radical (unpaired) electrons. The third-order valence-corrected chi connectivity index (χ3v) is 2.54. The number of halogens is 1. The first kappa shape index (κ1) is 13.6. The number of hydrogen-bond donors (Lipinski definition) is 1. The first-order valence-corrected chi connectivity index (χ1v) is 5.64. The van der Waals surface area contributed by atoms with E-state index >= 15 is 0 Å². The minimum absolute atomic E-state index is 0.00499. The lowest BCUT2D eigenvalue weighted by molar-refractivity contribution is -0.387. The van der Waals surface area contributed by atoms with Crippen LogP contribution in [0, 0.1) is 22.9 Å². The van der Waals surface area contributed by atoms with E-state index in [4.69, 9.17) is 0 Å². The molecule has 0 fully saturated rings. The number of pyridine rings is 1. The standard InChI is InChI=1S/C13H10FN3O3/c1-8-4-10(7-15-6-8)16-13(18)9-2-3-12(17(19)20)11(14)5-9/h2-7H,1H3,(H,16,18). The van der Waals surface area contributed by atoms with E-state index in [0.29, 0.717) is 5.69 Å². The van der Waals surface area contributed by atoms with Gasteiger partial charge in [-0.1, -0.05) is 0 Å². The van der Waals surface area contributed by atoms with Crippen LogP contribution in [-0.2, 0) is 0 Å². The van der Waals surface area contributed by atoms with E-state index in [2.05, 4.69) is 10.3 Å². The number of anilines is 1. The number of rotatable bonds is 3. The summed E-state index contributed by atoms with van der Waals surface area (Å²) in [6.45, 7) is 1.81. The van der Waals surface area contributed by atoms with Crippen LogP contribution in [-0.4, -0.2) is 15.8 Å². The van der Waals surface area contributed by atoms with Crippen molar-refractivity contribution >= 4 is 17.3 Å². The molecule has 1 N–H and O–H groups in total. The summed E-state index contributed by atoms with van der Waals surface area (Å²) in [7, 11) is 0. The maximum absolute atomic E-state index is 13.4. The third kappa shape index (κ3) is 2.94. The Hall–Kier alpha value is -2.83. The minimum atomic E-state index is -1.05. The predicted octanol–water partition coefficient (Wildman–Crippen LogP) is 2.69. The van der Waals surface area contributed by atoms with Gasteiger partial charge in [-0.3, -0.25) is 19.9 Å². The average Bonchev–Trinajstić information content (AvgIpc) is 2.38. The van der Waals surface area contributed by atoms with E-state index in [1.807, 2.05) is 6.92 Å². The van der Waals surface area contributed by atoms with Crippen LogP contribution in [0.4, 0.5) is 15.8 Å². The van der Waals surface area contributed by atoms with Gasteiger partial charge in [0, 0.05) is 17.8 Å². The molecule has 1 heterocycles. The Balaban J connectivity index is 2.22. The lowest BCUT2D eigenvalue weighted by atomic mass is 10.2. The molecule has 1 aromatic carbocycles. The van der Waals surface area contributed by atoms with Crippen LogP contribution in [0.1, 0.15) is 15.9 Å². The monoisotopic (exact) mass is 275 g/mol. The largest absolute Gasteiger partial charge is 0.321 e. The molecule has 0 aliphatic heterocycles. The van der Waals surface area contributed by atoms with Crippen LogP contribution in [0.15, 0.2) is 36.7 Å². The van der Waals surface area contributed by atoms with Gasteiger partial charge in [0.25, 0.3) is 5.91 Å². The number of nitrogens with zero attached hydrogens (tertiary/aromatic N) is 2. The summed E-state index contributed by atoms with van der Waals surface area (Å²) < 4.78 is 13.4. The van der Waals surface area contributed by atoms with Gasteiger partial charge < -0.3 is 5.32 Å². The second kappa shape index (κ2) is 5.43. The molecule has 0 aliphatic carbocycles. The van der Waals surface area contributed by atoms with E-state index < -0.39 is 22.3 Å². The van der Waals surface area contributed by atoms with E-state index in [0.717, 1.165) is 17.7 Å². The Morgan fingerprint density at radius 1 is 1.35 bits per heavy atom. The van der Waals surface area contributed by atoms with Crippen LogP contribution in [0.3, 0.4) is 0 Å². The van der Waals surface area contributed by atoms with Gasteiger partial charge in [-0.25, -0.2) is 0 Å². The molecule has 7 heteroatoms. The quantitative estimate of drug-likeness (QED) is 0.689. The molecule has 2 aromatic rings. The van der Waals surface area contributed by atoms with Crippen LogP contribution in [0.5, 0.6) is 0 Å². The number of hydrogen-bond acceptors (Lipinski definition) is 4. The van der Waals surface area contributed by atoms with Gasteiger partial charge >= 0.3 is 5.69 Å². The van der Waals surface area contributed by atoms with Crippen molar-refractivity contribution in [1.29, 1.82) is 0 Å². The number of nitro benzene ring substituents is 1. The van der Waals surface area contributed by atoms with E-state index in [9.17, 15) is 19.3 Å². The van der Waals surface area contributed by atoms with E-state index in [1.54, 1.807) is 12.3 Å². The van der Waals surface area contributed by atoms with Crippen molar-refractivity contribution in [3.05, 3.63) is 63.7 Å². The van der Waals surface area contributed by atoms with Gasteiger partial charge in [0.15, 0.2) is 0 Å². The van der Waals surface area contributed by atoms with Crippen molar-refractivity contribution in [2.75, 3.05) is 5.32 Å². The fourth-order valence-corrected chi connectivity index (χ4v) is 1.62. The first-order chi connectivity index (χ1) is 9.47. The van der Waals surface area contributed by atoms with Crippen LogP contribution in [0.2, 0.25) is 0 Å². The van der Waals surface area contributed by atoms with Crippen LogP contribution in [0.25, 0.3) is 0 Å². The molecule has 102 valence electrons. The number of aromatic nitrogens is 1. The van der Waals surface area contributed by atoms with Crippen molar-refractivity contribution < 1.29 is 14.1 Å². The Bertz CT molecular complexity index is 688. The Kier molecular flexibility index (Phi) is 3.69. The molecular weight excluding hydrogens is 265 g/mol. The lowest BCUT2D eigenvalue weighted by Crippen LogP contribution is -2.12. The Labute approximate surface area is 113 Å². The summed E-state index contributed by atoms with van der Waals surface area (Å²) in [5, 5.41) is 13.0. The highest BCUT2D eigenvalue weighted by molar-refractivity contribution is 6.04. The number of carbonyl (C=O) groups is 1. The second-order valence-corrected chi connectivity index (χ2v) is 4.13. The van der Waals surface area contributed by atoms with Crippen molar-refractivity contribution in [3.8, 4) is 0 Å². The normalized spacial score (nSPS) is 10.1. The zero-order valence-corrected chi connectivity index (χ0v) is 10.5. The number of carbonyl (C=O) groups excluding carboxylic acids is 1. The Morgan fingerprint density at radius 3 is 2.70 bits per heavy atom. The summed E-state index contributed by atoms with van der Waals surface area (Å²) in [5.41, 5.74) is 0.653. The molecule has 1 aromatic heterocycles. The maximum Gasteiger partial charge on any atom is 0.304 e. The van der Waals surface area contributed by atoms with Crippen molar-refractivity contribution in [2.24, 2.45) is 0 Å². The molecule has 2 rings (SSSR count). The van der Waals surface area contributed by atoms with Gasteiger partial charge in [0.05, 0.1) is 16.8 Å². The molecule has 0 atom stereocenters. The predicted molar refractivity (Wildman–Crippen MR) is 70.0 cm³/mol. The first-order valence-electron chi connectivity index (χ1n) is 5.64. The number of benzene rings is 1. The molecule has 0 bridgehead atoms. The molecule has 20 heavy (non-hydrogen) atoms. The highest BCUT2D eigenvalue weighted by Gasteiger charge is 2.16. The molecule has 6 nitrogen and oxygen atoms in total. The van der Waals surface area contributed by atoms with Gasteiger partial charge in [-0.05, 0) is 30.7 Å². The number of aryl methyl sites for hydroxylation is 1. The zero-order chi connectivity index (χ0) is 14.7. The lowest BCUT2D eigenvalue weighted by Gasteiger charge is -2.05. The maximum atomic E-state index is 13.4. The average molecular weight is 275 g/mol. The van der Waals surface area contributed by atoms with E-state index in [-0.39, 0.29) is 5.56 Å². The van der Waals surface area contributed by atoms with Crippen LogP contribution < -0.4 is 5.32 Å². The number of amides is 1. The third-order valence-electron chi connectivity index (χ3n) is 2.54. The van der Waals surface area contributed by atoms with Crippen molar-refractivity contribution in [1.82, 2.24) is 4.98 Å². The van der Waals surface area contributed by atoms with Crippen molar-refractivity contribution in [3.63, 3.8) is 0 Å².